The Balaban J connectivity index is 1.67. The van der Waals surface area contributed by atoms with Crippen molar-refractivity contribution in [2.75, 3.05) is 26.2 Å². The van der Waals surface area contributed by atoms with Crippen LogP contribution in [0.2, 0.25) is 0 Å². The van der Waals surface area contributed by atoms with Crippen molar-refractivity contribution in [3.63, 3.8) is 0 Å². The molecule has 3 rings (SSSR count). The minimum atomic E-state index is -0.0420. The van der Waals surface area contributed by atoms with E-state index < -0.39 is 0 Å². The van der Waals surface area contributed by atoms with Gasteiger partial charge in [-0.1, -0.05) is 5.16 Å². The van der Waals surface area contributed by atoms with Crippen molar-refractivity contribution in [3.8, 4) is 0 Å². The molecule has 2 N–H and O–H groups in total. The minimum Gasteiger partial charge on any atom is -0.367 e. The average Bonchev–Trinajstić information content (AvgIpc) is 2.96. The van der Waals surface area contributed by atoms with Crippen LogP contribution in [0.25, 0.3) is 0 Å². The standard InChI is InChI=1S/C11H18N4O2/c12-4-3-10-13-11(14-17-10)9-6-15-5-1-2-8(15)7-16-9/h8-9H,1-7,12H2. The van der Waals surface area contributed by atoms with Crippen molar-refractivity contribution in [2.24, 2.45) is 5.73 Å². The molecule has 0 bridgehead atoms. The summed E-state index contributed by atoms with van der Waals surface area (Å²) in [7, 11) is 0. The summed E-state index contributed by atoms with van der Waals surface area (Å²) in [6, 6.07) is 0.599. The number of nitrogens with zero attached hydrogens (tertiary/aromatic N) is 3. The van der Waals surface area contributed by atoms with Crippen molar-refractivity contribution >= 4 is 0 Å². The molecule has 2 fully saturated rings. The second kappa shape index (κ2) is 4.72. The second-order valence-electron chi connectivity index (χ2n) is 4.70. The normalized spacial score (nSPS) is 29.5. The van der Waals surface area contributed by atoms with Gasteiger partial charge in [0.2, 0.25) is 11.7 Å². The molecule has 0 spiro atoms. The van der Waals surface area contributed by atoms with Gasteiger partial charge in [-0.2, -0.15) is 4.98 Å². The van der Waals surface area contributed by atoms with E-state index in [9.17, 15) is 0 Å². The highest BCUT2D eigenvalue weighted by molar-refractivity contribution is 4.97. The van der Waals surface area contributed by atoms with Crippen LogP contribution in [0.5, 0.6) is 0 Å². The first kappa shape index (κ1) is 11.1. The number of fused-ring (bicyclic) bond motifs is 1. The summed E-state index contributed by atoms with van der Waals surface area (Å²) in [5, 5.41) is 3.98. The number of rotatable bonds is 3. The molecule has 1 aromatic heterocycles. The topological polar surface area (TPSA) is 77.4 Å². The molecule has 94 valence electrons. The first-order valence-electron chi connectivity index (χ1n) is 6.25. The van der Waals surface area contributed by atoms with Gasteiger partial charge in [-0.25, -0.2) is 0 Å². The molecule has 6 nitrogen and oxygen atoms in total. The molecule has 2 aliphatic heterocycles. The van der Waals surface area contributed by atoms with Gasteiger partial charge in [0.15, 0.2) is 0 Å². The van der Waals surface area contributed by atoms with Crippen LogP contribution in [0.15, 0.2) is 4.52 Å². The second-order valence-corrected chi connectivity index (χ2v) is 4.70. The van der Waals surface area contributed by atoms with E-state index in [1.807, 2.05) is 0 Å². The zero-order valence-electron chi connectivity index (χ0n) is 9.84. The Bertz CT molecular complexity index is 381. The summed E-state index contributed by atoms with van der Waals surface area (Å²) in [5.74, 6) is 1.27. The predicted molar refractivity (Wildman–Crippen MR) is 60.3 cm³/mol. The molecule has 2 unspecified atom stereocenters. The first-order chi connectivity index (χ1) is 8.36. The van der Waals surface area contributed by atoms with Gasteiger partial charge < -0.3 is 15.0 Å². The van der Waals surface area contributed by atoms with E-state index in [-0.39, 0.29) is 6.10 Å². The van der Waals surface area contributed by atoms with Gasteiger partial charge >= 0.3 is 0 Å². The van der Waals surface area contributed by atoms with Crippen LogP contribution < -0.4 is 5.73 Å². The lowest BCUT2D eigenvalue weighted by Crippen LogP contribution is -2.42. The lowest BCUT2D eigenvalue weighted by Gasteiger charge is -2.33. The number of hydrogen-bond donors (Lipinski definition) is 1. The highest BCUT2D eigenvalue weighted by Crippen LogP contribution is 2.28. The first-order valence-corrected chi connectivity index (χ1v) is 6.25. The Kier molecular flexibility index (Phi) is 3.09. The van der Waals surface area contributed by atoms with Crippen LogP contribution in [0, 0.1) is 0 Å². The van der Waals surface area contributed by atoms with E-state index >= 15 is 0 Å². The lowest BCUT2D eigenvalue weighted by molar-refractivity contribution is -0.0548. The van der Waals surface area contributed by atoms with Gasteiger partial charge in [0, 0.05) is 25.6 Å². The monoisotopic (exact) mass is 238 g/mol. The van der Waals surface area contributed by atoms with Crippen LogP contribution in [-0.4, -0.2) is 47.3 Å². The van der Waals surface area contributed by atoms with E-state index in [0.29, 0.717) is 30.7 Å². The molecule has 1 aromatic rings. The minimum absolute atomic E-state index is 0.0420. The maximum atomic E-state index is 5.81. The smallest absolute Gasteiger partial charge is 0.228 e. The zero-order chi connectivity index (χ0) is 11.7. The third-order valence-corrected chi connectivity index (χ3v) is 3.52. The average molecular weight is 238 g/mol. The molecule has 2 atom stereocenters. The number of ether oxygens (including phenoxy) is 1. The van der Waals surface area contributed by atoms with Gasteiger partial charge in [0.1, 0.15) is 6.10 Å². The van der Waals surface area contributed by atoms with Crippen LogP contribution in [0.1, 0.15) is 30.7 Å². The largest absolute Gasteiger partial charge is 0.367 e. The SMILES string of the molecule is NCCc1nc(C2CN3CCCC3CO2)no1. The van der Waals surface area contributed by atoms with E-state index in [1.165, 1.54) is 12.8 Å². The summed E-state index contributed by atoms with van der Waals surface area (Å²) in [4.78, 5) is 6.79. The summed E-state index contributed by atoms with van der Waals surface area (Å²) in [6.45, 7) is 3.36. The molecule has 3 heterocycles. The molecule has 0 aromatic carbocycles. The Morgan fingerprint density at radius 1 is 1.47 bits per heavy atom. The number of nitrogens with two attached hydrogens (primary N) is 1. The van der Waals surface area contributed by atoms with Gasteiger partial charge in [-0.3, -0.25) is 4.90 Å². The number of hydrogen-bond acceptors (Lipinski definition) is 6. The van der Waals surface area contributed by atoms with Gasteiger partial charge in [-0.15, -0.1) is 0 Å². The summed E-state index contributed by atoms with van der Waals surface area (Å²) in [6.07, 6.45) is 3.11. The molecule has 6 heteroatoms. The Hall–Kier alpha value is -0.980. The van der Waals surface area contributed by atoms with Crippen molar-refractivity contribution in [1.29, 1.82) is 0 Å². The predicted octanol–water partition coefficient (Wildman–Crippen LogP) is 0.106. The van der Waals surface area contributed by atoms with Crippen molar-refractivity contribution < 1.29 is 9.26 Å². The summed E-state index contributed by atoms with van der Waals surface area (Å²) in [5.41, 5.74) is 5.45. The van der Waals surface area contributed by atoms with E-state index in [2.05, 4.69) is 15.0 Å². The Morgan fingerprint density at radius 3 is 3.29 bits per heavy atom. The maximum absolute atomic E-state index is 5.81. The molecule has 0 radical (unpaired) electrons. The van der Waals surface area contributed by atoms with Crippen molar-refractivity contribution in [1.82, 2.24) is 15.0 Å². The third kappa shape index (κ3) is 2.20. The zero-order valence-corrected chi connectivity index (χ0v) is 9.84. The van der Waals surface area contributed by atoms with Gasteiger partial charge in [0.05, 0.1) is 6.61 Å². The van der Waals surface area contributed by atoms with Gasteiger partial charge in [-0.05, 0) is 19.4 Å². The molecule has 2 aliphatic rings. The highest BCUT2D eigenvalue weighted by atomic mass is 16.5. The van der Waals surface area contributed by atoms with Crippen LogP contribution in [0.4, 0.5) is 0 Å². The fourth-order valence-electron chi connectivity index (χ4n) is 2.60. The highest BCUT2D eigenvalue weighted by Gasteiger charge is 2.34. The van der Waals surface area contributed by atoms with Crippen molar-refractivity contribution in [3.05, 3.63) is 11.7 Å². The van der Waals surface area contributed by atoms with E-state index in [1.54, 1.807) is 0 Å². The van der Waals surface area contributed by atoms with E-state index in [4.69, 9.17) is 15.0 Å². The lowest BCUT2D eigenvalue weighted by atomic mass is 10.2. The molecule has 0 aliphatic carbocycles. The number of aromatic nitrogens is 2. The molecular weight excluding hydrogens is 220 g/mol. The van der Waals surface area contributed by atoms with Crippen LogP contribution >= 0.6 is 0 Å². The quantitative estimate of drug-likeness (QED) is 0.805. The summed E-state index contributed by atoms with van der Waals surface area (Å²) >= 11 is 0. The maximum Gasteiger partial charge on any atom is 0.228 e. The molecule has 17 heavy (non-hydrogen) atoms. The van der Waals surface area contributed by atoms with Crippen LogP contribution in [0.3, 0.4) is 0 Å². The summed E-state index contributed by atoms with van der Waals surface area (Å²) < 4.78 is 10.9. The van der Waals surface area contributed by atoms with Crippen molar-refractivity contribution in [2.45, 2.75) is 31.4 Å². The van der Waals surface area contributed by atoms with E-state index in [0.717, 1.165) is 19.7 Å². The van der Waals surface area contributed by atoms with Gasteiger partial charge in [0.25, 0.3) is 0 Å². The Labute approximate surface area is 100 Å². The Morgan fingerprint density at radius 2 is 2.41 bits per heavy atom. The molecule has 0 amide bonds. The fraction of sp³-hybridized carbons (Fsp3) is 0.818. The molecular formula is C11H18N4O2. The third-order valence-electron chi connectivity index (χ3n) is 3.52. The fourth-order valence-corrected chi connectivity index (χ4v) is 2.60. The number of morpholine rings is 1. The molecule has 2 saturated heterocycles. The molecule has 0 saturated carbocycles. The van der Waals surface area contributed by atoms with Crippen LogP contribution in [-0.2, 0) is 11.2 Å².